The Labute approximate surface area is 120 Å². The highest BCUT2D eigenvalue weighted by atomic mass is 16.5. The van der Waals surface area contributed by atoms with Gasteiger partial charge in [0.25, 0.3) is 5.91 Å². The van der Waals surface area contributed by atoms with E-state index in [4.69, 9.17) is 9.47 Å². The van der Waals surface area contributed by atoms with Gasteiger partial charge >= 0.3 is 0 Å². The van der Waals surface area contributed by atoms with Gasteiger partial charge in [0.15, 0.2) is 0 Å². The monoisotopic (exact) mass is 281 g/mol. The number of aryl methyl sites for hydroxylation is 1. The van der Waals surface area contributed by atoms with Crippen LogP contribution in [0.3, 0.4) is 0 Å². The summed E-state index contributed by atoms with van der Waals surface area (Å²) in [7, 11) is 3.19. The van der Waals surface area contributed by atoms with Gasteiger partial charge in [0.2, 0.25) is 0 Å². The lowest BCUT2D eigenvalue weighted by molar-refractivity contribution is 0.0477. The Balaban J connectivity index is 2.99. The summed E-state index contributed by atoms with van der Waals surface area (Å²) in [5.74, 6) is -0.183. The summed E-state index contributed by atoms with van der Waals surface area (Å²) in [4.78, 5) is 14.2. The molecular weight excluding hydrogens is 258 g/mol. The maximum absolute atomic E-state index is 12.6. The van der Waals surface area contributed by atoms with Crippen molar-refractivity contribution in [3.8, 4) is 5.75 Å². The van der Waals surface area contributed by atoms with Crippen molar-refractivity contribution in [2.75, 3.05) is 34.0 Å². The molecule has 0 saturated carbocycles. The molecule has 0 spiro atoms. The van der Waals surface area contributed by atoms with Crippen LogP contribution in [-0.4, -0.2) is 55.9 Å². The summed E-state index contributed by atoms with van der Waals surface area (Å²) in [6.45, 7) is 5.00. The minimum absolute atomic E-state index is 0.0320. The summed E-state index contributed by atoms with van der Waals surface area (Å²) in [5, 5.41) is 10.0. The highest BCUT2D eigenvalue weighted by Crippen LogP contribution is 2.23. The molecule has 0 aliphatic heterocycles. The van der Waals surface area contributed by atoms with Crippen molar-refractivity contribution in [2.24, 2.45) is 0 Å². The highest BCUT2D eigenvalue weighted by Gasteiger charge is 2.23. The summed E-state index contributed by atoms with van der Waals surface area (Å²) in [6, 6.07) is 5.06. The summed E-state index contributed by atoms with van der Waals surface area (Å²) in [6.07, 6.45) is 0. The van der Waals surface area contributed by atoms with E-state index >= 15 is 0 Å². The number of phenolic OH excluding ortho intramolecular Hbond substituents is 1. The molecule has 1 aromatic carbocycles. The molecule has 1 atom stereocenters. The zero-order valence-electron chi connectivity index (χ0n) is 12.5. The summed E-state index contributed by atoms with van der Waals surface area (Å²) < 4.78 is 10.2. The van der Waals surface area contributed by atoms with Crippen LogP contribution in [0.4, 0.5) is 0 Å². The number of carbonyl (C=O) groups excluding carboxylic acids is 1. The maximum Gasteiger partial charge on any atom is 0.258 e. The number of hydrogen-bond donors (Lipinski definition) is 1. The van der Waals surface area contributed by atoms with E-state index in [1.54, 1.807) is 44.2 Å². The van der Waals surface area contributed by atoms with Gasteiger partial charge in [0.1, 0.15) is 5.75 Å². The number of rotatable bonds is 7. The van der Waals surface area contributed by atoms with Crippen LogP contribution in [0.5, 0.6) is 5.75 Å². The molecule has 0 bridgehead atoms. The lowest BCUT2D eigenvalue weighted by Crippen LogP contribution is -2.43. The number of amides is 1. The van der Waals surface area contributed by atoms with Crippen molar-refractivity contribution < 1.29 is 19.4 Å². The van der Waals surface area contributed by atoms with E-state index < -0.39 is 0 Å². The zero-order chi connectivity index (χ0) is 15.1. The maximum atomic E-state index is 12.6. The minimum Gasteiger partial charge on any atom is -0.507 e. The molecule has 1 unspecified atom stereocenters. The van der Waals surface area contributed by atoms with Crippen LogP contribution in [0.2, 0.25) is 0 Å². The first-order valence-electron chi connectivity index (χ1n) is 6.60. The summed E-state index contributed by atoms with van der Waals surface area (Å²) in [5.41, 5.74) is 0.992. The van der Waals surface area contributed by atoms with Crippen LogP contribution in [-0.2, 0) is 9.47 Å². The molecule has 1 aromatic rings. The van der Waals surface area contributed by atoms with E-state index in [-0.39, 0.29) is 17.7 Å². The SMILES string of the molecule is COCCN(C(=O)c1cccc(C)c1O)C(C)COC. The fraction of sp³-hybridized carbons (Fsp3) is 0.533. The van der Waals surface area contributed by atoms with Crippen LogP contribution in [0.25, 0.3) is 0 Å². The van der Waals surface area contributed by atoms with Crippen molar-refractivity contribution >= 4 is 5.91 Å². The van der Waals surface area contributed by atoms with Gasteiger partial charge in [-0.05, 0) is 25.5 Å². The van der Waals surface area contributed by atoms with Crippen molar-refractivity contribution in [1.29, 1.82) is 0 Å². The molecule has 5 heteroatoms. The van der Waals surface area contributed by atoms with Gasteiger partial charge in [0, 0.05) is 20.8 Å². The fourth-order valence-electron chi connectivity index (χ4n) is 2.03. The van der Waals surface area contributed by atoms with Crippen LogP contribution in [0.1, 0.15) is 22.8 Å². The molecule has 0 saturated heterocycles. The Morgan fingerprint density at radius 2 is 2.05 bits per heavy atom. The molecule has 0 radical (unpaired) electrons. The van der Waals surface area contributed by atoms with Crippen LogP contribution >= 0.6 is 0 Å². The second-order valence-corrected chi connectivity index (χ2v) is 4.77. The largest absolute Gasteiger partial charge is 0.507 e. The van der Waals surface area contributed by atoms with E-state index in [0.717, 1.165) is 0 Å². The standard InChI is InChI=1S/C15H23NO4/c1-11-6-5-7-13(14(11)17)15(18)16(8-9-19-3)12(2)10-20-4/h5-7,12,17H,8-10H2,1-4H3. The van der Waals surface area contributed by atoms with E-state index in [0.29, 0.717) is 30.9 Å². The first-order valence-corrected chi connectivity index (χ1v) is 6.60. The number of benzene rings is 1. The Kier molecular flexibility index (Phi) is 6.48. The Morgan fingerprint density at radius 1 is 1.35 bits per heavy atom. The molecule has 0 aliphatic rings. The molecule has 0 aromatic heterocycles. The zero-order valence-corrected chi connectivity index (χ0v) is 12.5. The van der Waals surface area contributed by atoms with Crippen molar-refractivity contribution in [3.05, 3.63) is 29.3 Å². The molecule has 1 rings (SSSR count). The minimum atomic E-state index is -0.215. The molecule has 1 N–H and O–H groups in total. The van der Waals surface area contributed by atoms with Gasteiger partial charge in [-0.1, -0.05) is 12.1 Å². The van der Waals surface area contributed by atoms with Gasteiger partial charge in [-0.25, -0.2) is 0 Å². The molecule has 112 valence electrons. The number of ether oxygens (including phenoxy) is 2. The number of para-hydroxylation sites is 1. The predicted molar refractivity (Wildman–Crippen MR) is 77.1 cm³/mol. The third kappa shape index (κ3) is 3.95. The number of hydrogen-bond acceptors (Lipinski definition) is 4. The quantitative estimate of drug-likeness (QED) is 0.828. The van der Waals surface area contributed by atoms with Crippen molar-refractivity contribution in [1.82, 2.24) is 4.90 Å². The van der Waals surface area contributed by atoms with Crippen molar-refractivity contribution in [3.63, 3.8) is 0 Å². The molecule has 1 amide bonds. The summed E-state index contributed by atoms with van der Waals surface area (Å²) >= 11 is 0. The van der Waals surface area contributed by atoms with E-state index in [2.05, 4.69) is 0 Å². The average molecular weight is 281 g/mol. The first kappa shape index (κ1) is 16.5. The van der Waals surface area contributed by atoms with Crippen LogP contribution < -0.4 is 0 Å². The number of aromatic hydroxyl groups is 1. The second kappa shape index (κ2) is 7.87. The molecule has 5 nitrogen and oxygen atoms in total. The van der Waals surface area contributed by atoms with Gasteiger partial charge < -0.3 is 19.5 Å². The first-order chi connectivity index (χ1) is 9.52. The van der Waals surface area contributed by atoms with Gasteiger partial charge in [0.05, 0.1) is 24.8 Å². The Hall–Kier alpha value is -1.59. The van der Waals surface area contributed by atoms with Crippen LogP contribution in [0.15, 0.2) is 18.2 Å². The molecule has 20 heavy (non-hydrogen) atoms. The lowest BCUT2D eigenvalue weighted by atomic mass is 10.1. The third-order valence-corrected chi connectivity index (χ3v) is 3.21. The number of carbonyl (C=O) groups is 1. The van der Waals surface area contributed by atoms with Gasteiger partial charge in [-0.2, -0.15) is 0 Å². The van der Waals surface area contributed by atoms with E-state index in [1.165, 1.54) is 0 Å². The van der Waals surface area contributed by atoms with Gasteiger partial charge in [-0.3, -0.25) is 4.79 Å². The fourth-order valence-corrected chi connectivity index (χ4v) is 2.03. The van der Waals surface area contributed by atoms with Gasteiger partial charge in [-0.15, -0.1) is 0 Å². The number of phenols is 1. The molecule has 0 fully saturated rings. The Bertz CT molecular complexity index is 447. The highest BCUT2D eigenvalue weighted by molar-refractivity contribution is 5.97. The van der Waals surface area contributed by atoms with E-state index in [9.17, 15) is 9.90 Å². The topological polar surface area (TPSA) is 59.0 Å². The molecular formula is C15H23NO4. The molecule has 0 aliphatic carbocycles. The second-order valence-electron chi connectivity index (χ2n) is 4.77. The lowest BCUT2D eigenvalue weighted by Gasteiger charge is -2.29. The normalized spacial score (nSPS) is 12.2. The Morgan fingerprint density at radius 3 is 2.65 bits per heavy atom. The number of nitrogens with zero attached hydrogens (tertiary/aromatic N) is 1. The number of methoxy groups -OCH3 is 2. The average Bonchev–Trinajstić information content (AvgIpc) is 2.42. The predicted octanol–water partition coefficient (Wildman–Crippen LogP) is 1.82. The van der Waals surface area contributed by atoms with Crippen molar-refractivity contribution in [2.45, 2.75) is 19.9 Å². The smallest absolute Gasteiger partial charge is 0.258 e. The molecule has 0 heterocycles. The third-order valence-electron chi connectivity index (χ3n) is 3.21. The van der Waals surface area contributed by atoms with Crippen LogP contribution in [0, 0.1) is 6.92 Å². The van der Waals surface area contributed by atoms with E-state index in [1.807, 2.05) is 6.92 Å².